The van der Waals surface area contributed by atoms with E-state index in [1.807, 2.05) is 0 Å². The predicted molar refractivity (Wildman–Crippen MR) is 55.3 cm³/mol. The lowest BCUT2D eigenvalue weighted by molar-refractivity contribution is -0.137. The molecule has 16 heavy (non-hydrogen) atoms. The van der Waals surface area contributed by atoms with E-state index in [0.29, 0.717) is 13.1 Å². The largest absolute Gasteiger partial charge is 0.419 e. The van der Waals surface area contributed by atoms with Gasteiger partial charge in [0.05, 0.1) is 5.56 Å². The molecule has 1 aliphatic rings. The van der Waals surface area contributed by atoms with Crippen molar-refractivity contribution in [2.45, 2.75) is 25.4 Å². The van der Waals surface area contributed by atoms with Gasteiger partial charge in [-0.05, 0) is 31.4 Å². The van der Waals surface area contributed by atoms with E-state index >= 15 is 0 Å². The van der Waals surface area contributed by atoms with Crippen molar-refractivity contribution in [2.24, 2.45) is 0 Å². The lowest BCUT2D eigenvalue weighted by atomic mass is 10.1. The van der Waals surface area contributed by atoms with E-state index in [1.165, 1.54) is 12.3 Å². The van der Waals surface area contributed by atoms with Crippen LogP contribution in [0.2, 0.25) is 0 Å². The first-order chi connectivity index (χ1) is 7.59. The van der Waals surface area contributed by atoms with Crippen molar-refractivity contribution in [1.82, 2.24) is 4.98 Å². The summed E-state index contributed by atoms with van der Waals surface area (Å²) < 4.78 is 38.2. The van der Waals surface area contributed by atoms with E-state index in [0.717, 1.165) is 25.3 Å². The lowest BCUT2D eigenvalue weighted by Gasteiger charge is -2.29. The van der Waals surface area contributed by atoms with Crippen LogP contribution in [0.25, 0.3) is 0 Å². The van der Waals surface area contributed by atoms with Crippen LogP contribution >= 0.6 is 0 Å². The SMILES string of the molecule is FC(F)(F)c1cccnc1N1CCCCC1. The van der Waals surface area contributed by atoms with Crippen molar-refractivity contribution in [3.05, 3.63) is 23.9 Å². The molecule has 0 spiro atoms. The standard InChI is InChI=1S/C11H13F3N2/c12-11(13,14)9-5-4-6-15-10(9)16-7-2-1-3-8-16/h4-6H,1-3,7-8H2. The maximum absolute atomic E-state index is 12.7. The van der Waals surface area contributed by atoms with Crippen LogP contribution in [0.5, 0.6) is 0 Å². The number of nitrogens with zero attached hydrogens (tertiary/aromatic N) is 2. The molecule has 1 aliphatic heterocycles. The van der Waals surface area contributed by atoms with Crippen molar-refractivity contribution in [1.29, 1.82) is 0 Å². The van der Waals surface area contributed by atoms with E-state index < -0.39 is 11.7 Å². The number of piperidine rings is 1. The summed E-state index contributed by atoms with van der Waals surface area (Å²) in [6.07, 6.45) is 0.0621. The third kappa shape index (κ3) is 2.28. The number of anilines is 1. The summed E-state index contributed by atoms with van der Waals surface area (Å²) in [7, 11) is 0. The Balaban J connectivity index is 2.32. The molecule has 1 aromatic rings. The Kier molecular flexibility index (Phi) is 3.03. The minimum atomic E-state index is -4.32. The van der Waals surface area contributed by atoms with Crippen LogP contribution < -0.4 is 4.90 Å². The normalized spacial score (nSPS) is 17.6. The van der Waals surface area contributed by atoms with Gasteiger partial charge in [-0.1, -0.05) is 0 Å². The minimum Gasteiger partial charge on any atom is -0.356 e. The van der Waals surface area contributed by atoms with Gasteiger partial charge < -0.3 is 4.90 Å². The Morgan fingerprint density at radius 3 is 2.44 bits per heavy atom. The van der Waals surface area contributed by atoms with E-state index in [4.69, 9.17) is 0 Å². The molecule has 0 unspecified atom stereocenters. The van der Waals surface area contributed by atoms with Gasteiger partial charge in [0.2, 0.25) is 0 Å². The van der Waals surface area contributed by atoms with Gasteiger partial charge in [-0.25, -0.2) is 4.98 Å². The van der Waals surface area contributed by atoms with Gasteiger partial charge in [-0.2, -0.15) is 13.2 Å². The number of pyridine rings is 1. The summed E-state index contributed by atoms with van der Waals surface area (Å²) in [6, 6.07) is 2.42. The second-order valence-electron chi connectivity index (χ2n) is 3.92. The van der Waals surface area contributed by atoms with Crippen LogP contribution in [0.1, 0.15) is 24.8 Å². The van der Waals surface area contributed by atoms with Gasteiger partial charge in [0.1, 0.15) is 5.82 Å². The van der Waals surface area contributed by atoms with Crippen molar-refractivity contribution in [3.8, 4) is 0 Å². The average Bonchev–Trinajstić information content (AvgIpc) is 2.29. The van der Waals surface area contributed by atoms with Crippen LogP contribution in [0.3, 0.4) is 0 Å². The number of rotatable bonds is 1. The second-order valence-corrected chi connectivity index (χ2v) is 3.92. The molecule has 1 fully saturated rings. The van der Waals surface area contributed by atoms with Crippen molar-refractivity contribution in [3.63, 3.8) is 0 Å². The first kappa shape index (κ1) is 11.2. The first-order valence-electron chi connectivity index (χ1n) is 5.36. The van der Waals surface area contributed by atoms with E-state index in [-0.39, 0.29) is 5.82 Å². The molecule has 2 nitrogen and oxygen atoms in total. The highest BCUT2D eigenvalue weighted by Gasteiger charge is 2.35. The number of hydrogen-bond acceptors (Lipinski definition) is 2. The van der Waals surface area contributed by atoms with E-state index in [9.17, 15) is 13.2 Å². The average molecular weight is 230 g/mol. The third-order valence-electron chi connectivity index (χ3n) is 2.75. The molecule has 0 radical (unpaired) electrons. The summed E-state index contributed by atoms with van der Waals surface area (Å²) in [4.78, 5) is 5.60. The molecular formula is C11H13F3N2. The molecule has 2 rings (SSSR count). The van der Waals surface area contributed by atoms with Crippen LogP contribution in [0.15, 0.2) is 18.3 Å². The Morgan fingerprint density at radius 2 is 1.81 bits per heavy atom. The van der Waals surface area contributed by atoms with E-state index in [1.54, 1.807) is 4.90 Å². The van der Waals surface area contributed by atoms with Crippen molar-refractivity contribution in [2.75, 3.05) is 18.0 Å². The van der Waals surface area contributed by atoms with Gasteiger partial charge in [-0.15, -0.1) is 0 Å². The van der Waals surface area contributed by atoms with Gasteiger partial charge in [-0.3, -0.25) is 0 Å². The first-order valence-corrected chi connectivity index (χ1v) is 5.36. The monoisotopic (exact) mass is 230 g/mol. The Morgan fingerprint density at radius 1 is 1.12 bits per heavy atom. The van der Waals surface area contributed by atoms with Crippen LogP contribution in [-0.4, -0.2) is 18.1 Å². The quantitative estimate of drug-likeness (QED) is 0.737. The highest BCUT2D eigenvalue weighted by atomic mass is 19.4. The molecule has 0 aliphatic carbocycles. The molecule has 0 atom stereocenters. The van der Waals surface area contributed by atoms with Gasteiger partial charge in [0.15, 0.2) is 0 Å². The third-order valence-corrected chi connectivity index (χ3v) is 2.75. The number of halogens is 3. The number of alkyl halides is 3. The molecular weight excluding hydrogens is 217 g/mol. The zero-order valence-corrected chi connectivity index (χ0v) is 8.80. The van der Waals surface area contributed by atoms with Crippen LogP contribution in [-0.2, 0) is 6.18 Å². The predicted octanol–water partition coefficient (Wildman–Crippen LogP) is 3.09. The van der Waals surface area contributed by atoms with Crippen LogP contribution in [0.4, 0.5) is 19.0 Å². The van der Waals surface area contributed by atoms with Gasteiger partial charge >= 0.3 is 6.18 Å². The Bertz CT molecular complexity index is 356. The highest BCUT2D eigenvalue weighted by Crippen LogP contribution is 2.35. The summed E-state index contributed by atoms with van der Waals surface area (Å²) in [5.41, 5.74) is -0.628. The molecule has 0 bridgehead atoms. The molecule has 88 valence electrons. The lowest BCUT2D eigenvalue weighted by Crippen LogP contribution is -2.32. The van der Waals surface area contributed by atoms with Gasteiger partial charge in [0, 0.05) is 19.3 Å². The fourth-order valence-corrected chi connectivity index (χ4v) is 1.98. The topological polar surface area (TPSA) is 16.1 Å². The molecule has 2 heterocycles. The molecule has 1 aromatic heterocycles. The molecule has 1 saturated heterocycles. The second kappa shape index (κ2) is 4.31. The maximum atomic E-state index is 12.7. The van der Waals surface area contributed by atoms with Crippen LogP contribution in [0, 0.1) is 0 Å². The Labute approximate surface area is 92.1 Å². The Hall–Kier alpha value is -1.26. The fraction of sp³-hybridized carbons (Fsp3) is 0.545. The summed E-state index contributed by atoms with van der Waals surface area (Å²) in [6.45, 7) is 1.33. The molecule has 5 heteroatoms. The van der Waals surface area contributed by atoms with Gasteiger partial charge in [0.25, 0.3) is 0 Å². The molecule has 0 N–H and O–H groups in total. The molecule has 0 saturated carbocycles. The highest BCUT2D eigenvalue weighted by molar-refractivity contribution is 5.48. The molecule has 0 amide bonds. The zero-order chi connectivity index (χ0) is 11.6. The van der Waals surface area contributed by atoms with Crippen molar-refractivity contribution >= 4 is 5.82 Å². The summed E-state index contributed by atoms with van der Waals surface area (Å²) in [5.74, 6) is 0.0784. The zero-order valence-electron chi connectivity index (χ0n) is 8.80. The smallest absolute Gasteiger partial charge is 0.356 e. The van der Waals surface area contributed by atoms with E-state index in [2.05, 4.69) is 4.98 Å². The number of aromatic nitrogens is 1. The summed E-state index contributed by atoms with van der Waals surface area (Å²) >= 11 is 0. The molecule has 0 aromatic carbocycles. The minimum absolute atomic E-state index is 0.0784. The number of hydrogen-bond donors (Lipinski definition) is 0. The fourth-order valence-electron chi connectivity index (χ4n) is 1.98. The van der Waals surface area contributed by atoms with Crippen molar-refractivity contribution < 1.29 is 13.2 Å². The summed E-state index contributed by atoms with van der Waals surface area (Å²) in [5, 5.41) is 0. The maximum Gasteiger partial charge on any atom is 0.419 e.